The Kier molecular flexibility index (Phi) is 1.90. The minimum absolute atomic E-state index is 0.0694. The number of hydrogen-bond donors (Lipinski definition) is 0. The zero-order valence-corrected chi connectivity index (χ0v) is 8.02. The van der Waals surface area contributed by atoms with Gasteiger partial charge in [0.05, 0.1) is 5.54 Å². The zero-order chi connectivity index (χ0) is 8.77. The summed E-state index contributed by atoms with van der Waals surface area (Å²) in [6.07, 6.45) is 2.46. The molecule has 0 aromatic carbocycles. The summed E-state index contributed by atoms with van der Waals surface area (Å²) < 4.78 is 13.7. The molecule has 70 valence electrons. The number of hydrogen-bond acceptors (Lipinski definition) is 1. The molecule has 2 aliphatic heterocycles. The molecule has 0 amide bonds. The molecular weight excluding hydrogens is 153 g/mol. The summed E-state index contributed by atoms with van der Waals surface area (Å²) in [6.45, 7) is 6.43. The number of fused-ring (bicyclic) bond motifs is 1. The average Bonchev–Trinajstić information content (AvgIpc) is 2.52. The van der Waals surface area contributed by atoms with Crippen molar-refractivity contribution in [1.82, 2.24) is 4.90 Å². The highest BCUT2D eigenvalue weighted by molar-refractivity contribution is 5.07. The molecule has 0 aromatic heterocycles. The highest BCUT2D eigenvalue weighted by Crippen LogP contribution is 2.45. The summed E-state index contributed by atoms with van der Waals surface area (Å²) in [5, 5.41) is 0. The van der Waals surface area contributed by atoms with E-state index in [2.05, 4.69) is 18.7 Å². The van der Waals surface area contributed by atoms with E-state index in [1.54, 1.807) is 0 Å². The minimum Gasteiger partial charge on any atom is -0.294 e. The van der Waals surface area contributed by atoms with Gasteiger partial charge < -0.3 is 0 Å². The lowest BCUT2D eigenvalue weighted by molar-refractivity contribution is 0.0696. The van der Waals surface area contributed by atoms with Crippen molar-refractivity contribution >= 4 is 0 Å². The number of nitrogens with zero attached hydrogens (tertiary/aromatic N) is 1. The van der Waals surface area contributed by atoms with E-state index in [9.17, 15) is 4.39 Å². The third-order valence-electron chi connectivity index (χ3n) is 3.79. The third kappa shape index (κ3) is 0.875. The van der Waals surface area contributed by atoms with Crippen LogP contribution in [0.5, 0.6) is 0 Å². The van der Waals surface area contributed by atoms with Crippen molar-refractivity contribution in [3.63, 3.8) is 0 Å². The van der Waals surface area contributed by atoms with Gasteiger partial charge in [-0.15, -0.1) is 0 Å². The van der Waals surface area contributed by atoms with E-state index in [0.717, 1.165) is 25.9 Å². The third-order valence-corrected chi connectivity index (χ3v) is 3.79. The van der Waals surface area contributed by atoms with Crippen LogP contribution in [0.1, 0.15) is 33.1 Å². The summed E-state index contributed by atoms with van der Waals surface area (Å²) in [4.78, 5) is 2.38. The fourth-order valence-electron chi connectivity index (χ4n) is 3.13. The number of rotatable bonds is 1. The molecule has 0 N–H and O–H groups in total. The Hall–Kier alpha value is -0.110. The van der Waals surface area contributed by atoms with Crippen LogP contribution in [-0.4, -0.2) is 29.7 Å². The van der Waals surface area contributed by atoms with Gasteiger partial charge in [-0.1, -0.05) is 13.8 Å². The second kappa shape index (κ2) is 2.69. The molecule has 12 heavy (non-hydrogen) atoms. The first kappa shape index (κ1) is 8.49. The van der Waals surface area contributed by atoms with E-state index >= 15 is 0 Å². The smallest absolute Gasteiger partial charge is 0.120 e. The van der Waals surface area contributed by atoms with E-state index in [-0.39, 0.29) is 5.54 Å². The van der Waals surface area contributed by atoms with Gasteiger partial charge in [0.2, 0.25) is 0 Å². The highest BCUT2D eigenvalue weighted by atomic mass is 19.1. The molecule has 0 spiro atoms. The number of alkyl halides is 1. The van der Waals surface area contributed by atoms with Gasteiger partial charge in [-0.3, -0.25) is 4.90 Å². The highest BCUT2D eigenvalue weighted by Gasteiger charge is 2.53. The van der Waals surface area contributed by atoms with Crippen LogP contribution >= 0.6 is 0 Å². The Morgan fingerprint density at radius 3 is 2.75 bits per heavy atom. The number of halogens is 1. The lowest BCUT2D eigenvalue weighted by atomic mass is 9.81. The fraction of sp³-hybridized carbons (Fsp3) is 1.00. The fourth-order valence-corrected chi connectivity index (χ4v) is 3.13. The van der Waals surface area contributed by atoms with Gasteiger partial charge in [-0.2, -0.15) is 0 Å². The summed E-state index contributed by atoms with van der Waals surface area (Å²) in [5.41, 5.74) is -0.0694. The SMILES string of the molecule is CC(C)C12CCCN1CC[C@@H]2F. The molecule has 2 aliphatic rings. The molecule has 1 unspecified atom stereocenters. The maximum Gasteiger partial charge on any atom is 0.120 e. The first-order valence-electron chi connectivity index (χ1n) is 5.07. The van der Waals surface area contributed by atoms with Gasteiger partial charge in [-0.05, 0) is 31.7 Å². The lowest BCUT2D eigenvalue weighted by Gasteiger charge is -2.37. The molecular formula is C10H18FN. The van der Waals surface area contributed by atoms with Gasteiger partial charge in [-0.25, -0.2) is 4.39 Å². The molecule has 2 atom stereocenters. The zero-order valence-electron chi connectivity index (χ0n) is 8.02. The second-order valence-electron chi connectivity index (χ2n) is 4.49. The Balaban J connectivity index is 2.27. The molecule has 0 saturated carbocycles. The standard InChI is InChI=1S/C10H18FN/c1-8(2)10-5-3-6-12(10)7-4-9(10)11/h8-9H,3-7H2,1-2H3/t9-,10?/m0/s1. The predicted molar refractivity (Wildman–Crippen MR) is 47.9 cm³/mol. The van der Waals surface area contributed by atoms with Crippen LogP contribution < -0.4 is 0 Å². The van der Waals surface area contributed by atoms with E-state index in [1.807, 2.05) is 0 Å². The van der Waals surface area contributed by atoms with Gasteiger partial charge in [0, 0.05) is 6.54 Å². The van der Waals surface area contributed by atoms with Crippen molar-refractivity contribution in [2.75, 3.05) is 13.1 Å². The van der Waals surface area contributed by atoms with Crippen LogP contribution in [-0.2, 0) is 0 Å². The Morgan fingerprint density at radius 2 is 2.17 bits per heavy atom. The van der Waals surface area contributed by atoms with E-state index in [1.165, 1.54) is 6.42 Å². The van der Waals surface area contributed by atoms with Crippen LogP contribution in [0.25, 0.3) is 0 Å². The molecule has 2 rings (SSSR count). The van der Waals surface area contributed by atoms with Gasteiger partial charge in [0.25, 0.3) is 0 Å². The predicted octanol–water partition coefficient (Wildman–Crippen LogP) is 2.22. The summed E-state index contributed by atoms with van der Waals surface area (Å²) in [7, 11) is 0. The first-order chi connectivity index (χ1) is 5.68. The van der Waals surface area contributed by atoms with Crippen molar-refractivity contribution in [2.24, 2.45) is 5.92 Å². The molecule has 0 aromatic rings. The largest absolute Gasteiger partial charge is 0.294 e. The first-order valence-corrected chi connectivity index (χ1v) is 5.07. The van der Waals surface area contributed by atoms with Crippen LogP contribution in [0, 0.1) is 5.92 Å². The summed E-state index contributed by atoms with van der Waals surface area (Å²) in [6, 6.07) is 0. The second-order valence-corrected chi connectivity index (χ2v) is 4.49. The van der Waals surface area contributed by atoms with E-state index in [0.29, 0.717) is 5.92 Å². The maximum atomic E-state index is 13.7. The van der Waals surface area contributed by atoms with Gasteiger partial charge in [0.1, 0.15) is 6.17 Å². The lowest BCUT2D eigenvalue weighted by Crippen LogP contribution is -2.48. The molecule has 1 nitrogen and oxygen atoms in total. The van der Waals surface area contributed by atoms with Crippen molar-refractivity contribution in [3.05, 3.63) is 0 Å². The van der Waals surface area contributed by atoms with Crippen LogP contribution in [0.15, 0.2) is 0 Å². The minimum atomic E-state index is -0.569. The molecule has 0 bridgehead atoms. The van der Waals surface area contributed by atoms with Gasteiger partial charge >= 0.3 is 0 Å². The Labute approximate surface area is 73.9 Å². The molecule has 0 aliphatic carbocycles. The summed E-state index contributed by atoms with van der Waals surface area (Å²) >= 11 is 0. The Morgan fingerprint density at radius 1 is 1.42 bits per heavy atom. The maximum absolute atomic E-state index is 13.7. The van der Waals surface area contributed by atoms with Crippen molar-refractivity contribution in [1.29, 1.82) is 0 Å². The van der Waals surface area contributed by atoms with Crippen LogP contribution in [0.4, 0.5) is 4.39 Å². The quantitative estimate of drug-likeness (QED) is 0.584. The van der Waals surface area contributed by atoms with Crippen LogP contribution in [0.3, 0.4) is 0 Å². The van der Waals surface area contributed by atoms with E-state index in [4.69, 9.17) is 0 Å². The monoisotopic (exact) mass is 171 g/mol. The summed E-state index contributed by atoms with van der Waals surface area (Å²) in [5.74, 6) is 0.470. The van der Waals surface area contributed by atoms with E-state index < -0.39 is 6.17 Å². The molecule has 2 heterocycles. The van der Waals surface area contributed by atoms with Gasteiger partial charge in [0.15, 0.2) is 0 Å². The van der Waals surface area contributed by atoms with Crippen molar-refractivity contribution in [2.45, 2.75) is 44.8 Å². The molecule has 2 heteroatoms. The molecule has 2 saturated heterocycles. The Bertz CT molecular complexity index is 181. The normalized spacial score (nSPS) is 42.5. The van der Waals surface area contributed by atoms with Crippen molar-refractivity contribution in [3.8, 4) is 0 Å². The molecule has 2 fully saturated rings. The van der Waals surface area contributed by atoms with Crippen molar-refractivity contribution < 1.29 is 4.39 Å². The average molecular weight is 171 g/mol. The van der Waals surface area contributed by atoms with Crippen LogP contribution in [0.2, 0.25) is 0 Å². The topological polar surface area (TPSA) is 3.24 Å². The molecule has 0 radical (unpaired) electrons.